The van der Waals surface area contributed by atoms with Crippen molar-refractivity contribution >= 4 is 20.5 Å². The van der Waals surface area contributed by atoms with Crippen LogP contribution in [0.5, 0.6) is 11.5 Å². The molecule has 1 aromatic rings. The van der Waals surface area contributed by atoms with Gasteiger partial charge in [-0.05, 0) is 64.0 Å². The Morgan fingerprint density at radius 3 is 2.32 bits per heavy atom. The Labute approximate surface area is 199 Å². The summed E-state index contributed by atoms with van der Waals surface area (Å²) in [5.41, 5.74) is 0.164. The molecule has 0 fully saturated rings. The number of benzene rings is 1. The second kappa shape index (κ2) is 9.59. The highest BCUT2D eigenvalue weighted by Gasteiger charge is 2.50. The van der Waals surface area contributed by atoms with Crippen LogP contribution in [0.25, 0.3) is 0 Å². The van der Waals surface area contributed by atoms with Gasteiger partial charge in [0.1, 0.15) is 4.90 Å². The van der Waals surface area contributed by atoms with E-state index < -0.39 is 60.3 Å². The summed E-state index contributed by atoms with van der Waals surface area (Å²) in [6.45, 7) is 5.35. The van der Waals surface area contributed by atoms with Crippen molar-refractivity contribution in [3.63, 3.8) is 0 Å². The lowest BCUT2D eigenvalue weighted by Crippen LogP contribution is -2.46. The van der Waals surface area contributed by atoms with E-state index in [0.29, 0.717) is 19.3 Å². The minimum atomic E-state index is -5.07. The fourth-order valence-electron chi connectivity index (χ4n) is 4.45. The number of hydrogen-bond acceptors (Lipinski definition) is 8. The zero-order valence-corrected chi connectivity index (χ0v) is 20.8. The summed E-state index contributed by atoms with van der Waals surface area (Å²) in [6, 6.07) is 0.990. The first-order valence-corrected chi connectivity index (χ1v) is 13.6. The van der Waals surface area contributed by atoms with Crippen LogP contribution < -0.4 is 8.92 Å². The maximum atomic E-state index is 12.5. The number of ether oxygens (including phenoxy) is 1. The zero-order valence-electron chi connectivity index (χ0n) is 19.2. The molecule has 0 amide bonds. The van der Waals surface area contributed by atoms with E-state index in [4.69, 9.17) is 4.74 Å². The molecule has 12 heteroatoms. The molecule has 10 nitrogen and oxygen atoms in total. The van der Waals surface area contributed by atoms with Crippen molar-refractivity contribution in [1.82, 2.24) is 0 Å². The first kappa shape index (κ1) is 26.6. The third kappa shape index (κ3) is 5.64. The highest BCUT2D eigenvalue weighted by molar-refractivity contribution is 7.86. The first-order valence-electron chi connectivity index (χ1n) is 10.8. The quantitative estimate of drug-likeness (QED) is 0.344. The van der Waals surface area contributed by atoms with Gasteiger partial charge in [0.15, 0.2) is 11.5 Å². The van der Waals surface area contributed by atoms with E-state index in [1.54, 1.807) is 6.08 Å². The van der Waals surface area contributed by atoms with E-state index >= 15 is 0 Å². The Hall–Kier alpha value is -1.96. The highest BCUT2D eigenvalue weighted by atomic mass is 32.3. The van der Waals surface area contributed by atoms with Gasteiger partial charge in [0, 0.05) is 5.56 Å². The van der Waals surface area contributed by atoms with Crippen molar-refractivity contribution in [2.45, 2.75) is 76.6 Å². The minimum absolute atomic E-state index is 0.0508. The smallest absolute Gasteiger partial charge is 0.446 e. The van der Waals surface area contributed by atoms with Crippen LogP contribution in [0.2, 0.25) is 0 Å². The van der Waals surface area contributed by atoms with Crippen LogP contribution in [-0.2, 0) is 26.9 Å². The molecule has 4 N–H and O–H groups in total. The second-order valence-electron chi connectivity index (χ2n) is 9.17. The maximum absolute atomic E-state index is 12.5. The predicted octanol–water partition coefficient (Wildman–Crippen LogP) is 3.26. The Morgan fingerprint density at radius 1 is 1.06 bits per heavy atom. The molecule has 34 heavy (non-hydrogen) atoms. The fourth-order valence-corrected chi connectivity index (χ4v) is 5.76. The Balaban J connectivity index is 2.34. The van der Waals surface area contributed by atoms with E-state index in [1.807, 2.05) is 13.8 Å². The fraction of sp³-hybridized carbons (Fsp3) is 0.545. The lowest BCUT2D eigenvalue weighted by Gasteiger charge is -2.44. The molecule has 190 valence electrons. The largest absolute Gasteiger partial charge is 0.460 e. The van der Waals surface area contributed by atoms with Crippen molar-refractivity contribution in [3.8, 4) is 11.5 Å². The standard InChI is InChI=1S/C22H30O10S2/c1-13-6-4-7-14(2)9-10-15-12-16(32-34(28,29)30)18-17(19(15)33(25,26)27)20(23)22(3,11-5-8-13)21(24)31-18/h6,9,12,20-21,23-24H,4-5,7-8,10-11H2,1-3H3,(H,25,26,27)(H,28,29,30)/b13-6-,14-9+. The molecule has 3 unspecified atom stereocenters. The van der Waals surface area contributed by atoms with Crippen LogP contribution in [-0.4, -0.2) is 42.4 Å². The third-order valence-electron chi connectivity index (χ3n) is 6.44. The molecular formula is C22H30O10S2. The molecule has 1 aliphatic heterocycles. The van der Waals surface area contributed by atoms with Gasteiger partial charge in [0.05, 0.1) is 11.5 Å². The molecule has 1 aliphatic carbocycles. The van der Waals surface area contributed by atoms with Crippen LogP contribution in [0.4, 0.5) is 0 Å². The van der Waals surface area contributed by atoms with Gasteiger partial charge in [-0.2, -0.15) is 16.8 Å². The number of aliphatic hydroxyl groups is 2. The number of aliphatic hydroxyl groups excluding tert-OH is 2. The first-order chi connectivity index (χ1) is 15.6. The molecule has 2 aliphatic rings. The summed E-state index contributed by atoms with van der Waals surface area (Å²) in [5, 5.41) is 22.1. The topological polar surface area (TPSA) is 168 Å². The SMILES string of the molecule is C/C1=C/CC/C(C)=C/Cc2cc(OS(=O)(=O)O)c3c(c2S(=O)(=O)O)C(O)C(C)(CCC1)C(O)O3. The van der Waals surface area contributed by atoms with Crippen LogP contribution in [0.3, 0.4) is 0 Å². The van der Waals surface area contributed by atoms with Crippen molar-refractivity contribution < 1.29 is 45.1 Å². The highest BCUT2D eigenvalue weighted by Crippen LogP contribution is 2.54. The van der Waals surface area contributed by atoms with Gasteiger partial charge >= 0.3 is 10.4 Å². The maximum Gasteiger partial charge on any atom is 0.446 e. The van der Waals surface area contributed by atoms with E-state index in [-0.39, 0.29) is 18.4 Å². The zero-order chi connectivity index (χ0) is 25.5. The summed E-state index contributed by atoms with van der Waals surface area (Å²) in [7, 11) is -10.0. The van der Waals surface area contributed by atoms with Gasteiger partial charge in [-0.3, -0.25) is 9.11 Å². The van der Waals surface area contributed by atoms with E-state index in [0.717, 1.165) is 23.6 Å². The summed E-state index contributed by atoms with van der Waals surface area (Å²) < 4.78 is 77.4. The van der Waals surface area contributed by atoms with Crippen molar-refractivity contribution in [1.29, 1.82) is 0 Å². The lowest BCUT2D eigenvalue weighted by atomic mass is 9.73. The molecule has 3 atom stereocenters. The van der Waals surface area contributed by atoms with Gasteiger partial charge < -0.3 is 19.1 Å². The summed E-state index contributed by atoms with van der Waals surface area (Å²) >= 11 is 0. The molecule has 0 saturated carbocycles. The lowest BCUT2D eigenvalue weighted by molar-refractivity contribution is -0.177. The Kier molecular flexibility index (Phi) is 7.52. The number of allylic oxidation sites excluding steroid dienone is 4. The monoisotopic (exact) mass is 518 g/mol. The van der Waals surface area contributed by atoms with Crippen LogP contribution >= 0.6 is 0 Å². The molecule has 1 heterocycles. The molecule has 0 radical (unpaired) electrons. The Bertz CT molecular complexity index is 1230. The number of hydrogen-bond donors (Lipinski definition) is 4. The van der Waals surface area contributed by atoms with Gasteiger partial charge in [0.2, 0.25) is 6.29 Å². The number of fused-ring (bicyclic) bond motifs is 2. The van der Waals surface area contributed by atoms with E-state index in [9.17, 15) is 36.2 Å². The molecule has 0 spiro atoms. The van der Waals surface area contributed by atoms with Crippen molar-refractivity contribution in [2.24, 2.45) is 5.41 Å². The number of rotatable bonds is 3. The summed E-state index contributed by atoms with van der Waals surface area (Å²) in [4.78, 5) is -0.649. The van der Waals surface area contributed by atoms with Crippen molar-refractivity contribution in [3.05, 3.63) is 40.5 Å². The van der Waals surface area contributed by atoms with Gasteiger partial charge in [-0.25, -0.2) is 0 Å². The molecule has 0 aromatic heterocycles. The summed E-state index contributed by atoms with van der Waals surface area (Å²) in [6.07, 6.45) is 3.32. The van der Waals surface area contributed by atoms with Crippen molar-refractivity contribution in [2.75, 3.05) is 0 Å². The molecule has 0 saturated heterocycles. The normalized spacial score (nSPS) is 29.6. The average Bonchev–Trinajstić information content (AvgIpc) is 2.69. The average molecular weight is 519 g/mol. The van der Waals surface area contributed by atoms with Crippen LogP contribution in [0, 0.1) is 5.41 Å². The minimum Gasteiger partial charge on any atom is -0.460 e. The molecule has 1 aromatic carbocycles. The van der Waals surface area contributed by atoms with Gasteiger partial charge in [0.25, 0.3) is 10.1 Å². The Morgan fingerprint density at radius 2 is 1.71 bits per heavy atom. The van der Waals surface area contributed by atoms with E-state index in [2.05, 4.69) is 10.3 Å². The molecular weight excluding hydrogens is 488 g/mol. The predicted molar refractivity (Wildman–Crippen MR) is 122 cm³/mol. The van der Waals surface area contributed by atoms with Gasteiger partial charge in [-0.15, -0.1) is 0 Å². The van der Waals surface area contributed by atoms with Crippen LogP contribution in [0.1, 0.15) is 70.1 Å². The van der Waals surface area contributed by atoms with E-state index in [1.165, 1.54) is 6.92 Å². The van der Waals surface area contributed by atoms with Crippen LogP contribution in [0.15, 0.2) is 34.3 Å². The third-order valence-corrected chi connectivity index (χ3v) is 7.83. The summed E-state index contributed by atoms with van der Waals surface area (Å²) in [5.74, 6) is -1.21. The molecule has 3 rings (SSSR count). The molecule has 3 bridgehead atoms. The second-order valence-corrected chi connectivity index (χ2v) is 11.5. The van der Waals surface area contributed by atoms with Gasteiger partial charge in [-0.1, -0.05) is 30.2 Å².